The van der Waals surface area contributed by atoms with Crippen molar-refractivity contribution < 1.29 is 14.4 Å². The molecule has 0 radical (unpaired) electrons. The van der Waals surface area contributed by atoms with Crippen LogP contribution < -0.4 is 9.64 Å². The fraction of sp³-hybridized carbons (Fsp3) is 0.350. The van der Waals surface area contributed by atoms with Gasteiger partial charge in [-0.1, -0.05) is 11.6 Å². The zero-order chi connectivity index (χ0) is 17.4. The van der Waals surface area contributed by atoms with Gasteiger partial charge in [0.1, 0.15) is 11.4 Å². The van der Waals surface area contributed by atoms with Gasteiger partial charge in [0.2, 0.25) is 0 Å². The SMILES string of the molecule is COc1ccc(C2(O)CN(c3ccc(Cl)cc3)C3=[N+]2CCCC3)cc1. The van der Waals surface area contributed by atoms with Gasteiger partial charge in [0.25, 0.3) is 11.6 Å². The van der Waals surface area contributed by atoms with Gasteiger partial charge in [0.05, 0.1) is 13.7 Å². The van der Waals surface area contributed by atoms with Gasteiger partial charge in [-0.2, -0.15) is 0 Å². The largest absolute Gasteiger partial charge is 0.497 e. The summed E-state index contributed by atoms with van der Waals surface area (Å²) >= 11 is 6.04. The average Bonchev–Trinajstić information content (AvgIpc) is 2.97. The number of hydrogen-bond donors (Lipinski definition) is 1. The number of nitrogens with zero attached hydrogens (tertiary/aromatic N) is 2. The predicted octanol–water partition coefficient (Wildman–Crippen LogP) is 3.61. The molecule has 2 aromatic carbocycles. The Bertz CT molecular complexity index is 801. The lowest BCUT2D eigenvalue weighted by Crippen LogP contribution is -2.41. The number of benzene rings is 2. The minimum absolute atomic E-state index is 0.510. The summed E-state index contributed by atoms with van der Waals surface area (Å²) in [5.41, 5.74) is 0.932. The molecule has 2 aliphatic heterocycles. The van der Waals surface area contributed by atoms with Crippen LogP contribution in [0.5, 0.6) is 5.75 Å². The van der Waals surface area contributed by atoms with Crippen molar-refractivity contribution in [1.82, 2.24) is 0 Å². The summed E-state index contributed by atoms with van der Waals surface area (Å²) in [5, 5.41) is 12.3. The maximum absolute atomic E-state index is 11.6. The van der Waals surface area contributed by atoms with Crippen molar-refractivity contribution >= 4 is 23.1 Å². The maximum atomic E-state index is 11.6. The van der Waals surface area contributed by atoms with Crippen LogP contribution in [-0.2, 0) is 5.72 Å². The molecule has 1 N–H and O–H groups in total. The van der Waals surface area contributed by atoms with Gasteiger partial charge in [-0.25, -0.2) is 9.48 Å². The molecule has 0 aliphatic carbocycles. The highest BCUT2D eigenvalue weighted by Gasteiger charge is 2.52. The van der Waals surface area contributed by atoms with E-state index in [0.29, 0.717) is 6.54 Å². The second-order valence-electron chi connectivity index (χ2n) is 6.63. The van der Waals surface area contributed by atoms with Crippen molar-refractivity contribution in [3.05, 3.63) is 59.1 Å². The second-order valence-corrected chi connectivity index (χ2v) is 7.07. The lowest BCUT2D eigenvalue weighted by molar-refractivity contribution is -0.661. The van der Waals surface area contributed by atoms with Crippen LogP contribution >= 0.6 is 11.6 Å². The van der Waals surface area contributed by atoms with E-state index < -0.39 is 5.72 Å². The molecule has 2 aliphatic rings. The summed E-state index contributed by atoms with van der Waals surface area (Å²) < 4.78 is 7.41. The van der Waals surface area contributed by atoms with Crippen LogP contribution in [0.15, 0.2) is 48.5 Å². The smallest absolute Gasteiger partial charge is 0.271 e. The lowest BCUT2D eigenvalue weighted by atomic mass is 10.0. The van der Waals surface area contributed by atoms with E-state index in [1.165, 1.54) is 5.84 Å². The van der Waals surface area contributed by atoms with Crippen LogP contribution in [0.25, 0.3) is 0 Å². The number of anilines is 1. The summed E-state index contributed by atoms with van der Waals surface area (Å²) in [4.78, 5) is 2.22. The van der Waals surface area contributed by atoms with E-state index in [4.69, 9.17) is 16.3 Å². The highest BCUT2D eigenvalue weighted by molar-refractivity contribution is 6.30. The van der Waals surface area contributed by atoms with Crippen LogP contribution in [0.3, 0.4) is 0 Å². The molecule has 4 rings (SSSR count). The molecule has 0 bridgehead atoms. The number of aliphatic hydroxyl groups is 1. The van der Waals surface area contributed by atoms with Gasteiger partial charge in [-0.3, -0.25) is 0 Å². The molecule has 1 unspecified atom stereocenters. The van der Waals surface area contributed by atoms with Crippen molar-refractivity contribution in [3.8, 4) is 5.75 Å². The van der Waals surface area contributed by atoms with Crippen molar-refractivity contribution in [2.24, 2.45) is 0 Å². The molecule has 0 fully saturated rings. The summed E-state index contributed by atoms with van der Waals surface area (Å²) in [7, 11) is 1.65. The van der Waals surface area contributed by atoms with E-state index in [-0.39, 0.29) is 0 Å². The molecule has 5 heteroatoms. The molecular weight excluding hydrogens is 336 g/mol. The third-order valence-electron chi connectivity index (χ3n) is 5.17. The summed E-state index contributed by atoms with van der Waals surface area (Å²) in [6.45, 7) is 1.37. The van der Waals surface area contributed by atoms with Gasteiger partial charge >= 0.3 is 0 Å². The van der Waals surface area contributed by atoms with Crippen molar-refractivity contribution in [2.45, 2.75) is 25.0 Å². The van der Waals surface area contributed by atoms with Crippen molar-refractivity contribution in [2.75, 3.05) is 25.1 Å². The van der Waals surface area contributed by atoms with Gasteiger partial charge in [0.15, 0.2) is 6.54 Å². The fourth-order valence-corrected chi connectivity index (χ4v) is 3.99. The molecule has 0 saturated heterocycles. The third kappa shape index (κ3) is 2.79. The summed E-state index contributed by atoms with van der Waals surface area (Å²) in [6, 6.07) is 15.5. The first-order valence-corrected chi connectivity index (χ1v) is 9.03. The molecule has 0 aromatic heterocycles. The van der Waals surface area contributed by atoms with E-state index >= 15 is 0 Å². The van der Waals surface area contributed by atoms with E-state index in [9.17, 15) is 5.11 Å². The van der Waals surface area contributed by atoms with Gasteiger partial charge < -0.3 is 9.84 Å². The number of β-amino-alcohol motifs (C(OH)–C–C–N with tert-alkyl or cyclic N) is 1. The van der Waals surface area contributed by atoms with E-state index in [1.807, 2.05) is 48.5 Å². The van der Waals surface area contributed by atoms with Crippen molar-refractivity contribution in [1.29, 1.82) is 0 Å². The van der Waals surface area contributed by atoms with Gasteiger partial charge in [0, 0.05) is 17.0 Å². The Kier molecular flexibility index (Phi) is 4.18. The number of methoxy groups -OCH3 is 1. The van der Waals surface area contributed by atoms with E-state index in [1.54, 1.807) is 7.11 Å². The normalized spacial score (nSPS) is 22.9. The molecule has 1 atom stereocenters. The quantitative estimate of drug-likeness (QED) is 0.852. The molecule has 0 amide bonds. The number of hydrogen-bond acceptors (Lipinski definition) is 3. The molecular formula is C20H22ClN2O2+. The van der Waals surface area contributed by atoms with Crippen LogP contribution in [0, 0.1) is 0 Å². The van der Waals surface area contributed by atoms with E-state index in [0.717, 1.165) is 47.8 Å². The Morgan fingerprint density at radius 1 is 1.08 bits per heavy atom. The predicted molar refractivity (Wildman–Crippen MR) is 99.7 cm³/mol. The first-order valence-electron chi connectivity index (χ1n) is 8.65. The Labute approximate surface area is 152 Å². The van der Waals surface area contributed by atoms with Crippen LogP contribution in [0.1, 0.15) is 24.8 Å². The summed E-state index contributed by atoms with van der Waals surface area (Å²) in [5.74, 6) is 1.98. The van der Waals surface area contributed by atoms with E-state index in [2.05, 4.69) is 9.48 Å². The Morgan fingerprint density at radius 3 is 2.48 bits per heavy atom. The zero-order valence-corrected chi connectivity index (χ0v) is 15.0. The number of ether oxygens (including phenoxy) is 1. The standard InChI is InChI=1S/C20H22ClN2O2/c1-25-18-11-5-15(6-12-18)20(24)14-22(17-9-7-16(21)8-10-17)19-4-2-3-13-23(19)20/h5-12,24H,2-4,13-14H2,1H3/q+1. The monoisotopic (exact) mass is 357 g/mol. The van der Waals surface area contributed by atoms with Gasteiger partial charge in [-0.15, -0.1) is 0 Å². The van der Waals surface area contributed by atoms with Crippen LogP contribution in [-0.4, -0.2) is 35.7 Å². The molecule has 2 heterocycles. The molecule has 0 saturated carbocycles. The van der Waals surface area contributed by atoms with Crippen LogP contribution in [0.2, 0.25) is 5.02 Å². The first-order chi connectivity index (χ1) is 12.1. The minimum atomic E-state index is -1.03. The Balaban J connectivity index is 1.76. The van der Waals surface area contributed by atoms with Gasteiger partial charge in [-0.05, 0) is 61.4 Å². The second kappa shape index (κ2) is 6.36. The molecule has 2 aromatic rings. The molecule has 0 spiro atoms. The zero-order valence-electron chi connectivity index (χ0n) is 14.3. The van der Waals surface area contributed by atoms with Crippen LogP contribution in [0.4, 0.5) is 5.69 Å². The maximum Gasteiger partial charge on any atom is 0.271 e. The molecule has 4 nitrogen and oxygen atoms in total. The Hall–Kier alpha value is -2.04. The van der Waals surface area contributed by atoms with Crippen molar-refractivity contribution in [3.63, 3.8) is 0 Å². The molecule has 130 valence electrons. The summed E-state index contributed by atoms with van der Waals surface area (Å²) in [6.07, 6.45) is 3.21. The fourth-order valence-electron chi connectivity index (χ4n) is 3.86. The third-order valence-corrected chi connectivity index (χ3v) is 5.42. The highest BCUT2D eigenvalue weighted by atomic mass is 35.5. The first kappa shape index (κ1) is 16.4. The molecule has 25 heavy (non-hydrogen) atoms. The minimum Gasteiger partial charge on any atom is -0.497 e. The number of amidine groups is 1. The number of halogens is 1. The Morgan fingerprint density at radius 2 is 1.80 bits per heavy atom. The average molecular weight is 358 g/mol. The topological polar surface area (TPSA) is 35.7 Å². The number of rotatable bonds is 3. The highest BCUT2D eigenvalue weighted by Crippen LogP contribution is 2.36. The lowest BCUT2D eigenvalue weighted by Gasteiger charge is -2.24.